The van der Waals surface area contributed by atoms with Crippen molar-refractivity contribution in [2.45, 2.75) is 20.8 Å². The van der Waals surface area contributed by atoms with Gasteiger partial charge in [-0.3, -0.25) is 0 Å². The lowest BCUT2D eigenvalue weighted by Crippen LogP contribution is -2.29. The highest BCUT2D eigenvalue weighted by Crippen LogP contribution is 2.37. The molecule has 0 amide bonds. The highest BCUT2D eigenvalue weighted by atomic mass is 32.1. The van der Waals surface area contributed by atoms with Crippen LogP contribution in [0.5, 0.6) is 0 Å². The van der Waals surface area contributed by atoms with Gasteiger partial charge >= 0.3 is 0 Å². The first-order chi connectivity index (χ1) is 10.6. The van der Waals surface area contributed by atoms with Gasteiger partial charge in [0, 0.05) is 54.7 Å². The van der Waals surface area contributed by atoms with E-state index in [0.717, 1.165) is 43.8 Å². The molecule has 2 fully saturated rings. The maximum absolute atomic E-state index is 4.72. The third kappa shape index (κ3) is 2.26. The third-order valence-electron chi connectivity index (χ3n) is 4.94. The van der Waals surface area contributed by atoms with Crippen LogP contribution in [0.3, 0.4) is 0 Å². The molecule has 2 unspecified atom stereocenters. The van der Waals surface area contributed by atoms with Crippen molar-refractivity contribution in [3.05, 3.63) is 28.7 Å². The zero-order valence-electron chi connectivity index (χ0n) is 13.3. The Morgan fingerprint density at radius 3 is 2.32 bits per heavy atom. The molecular weight excluding hydrogens is 294 g/mol. The van der Waals surface area contributed by atoms with E-state index >= 15 is 0 Å². The van der Waals surface area contributed by atoms with Gasteiger partial charge in [-0.05, 0) is 20.8 Å². The molecule has 2 aliphatic rings. The van der Waals surface area contributed by atoms with Gasteiger partial charge in [-0.15, -0.1) is 11.3 Å². The lowest BCUT2D eigenvalue weighted by molar-refractivity contribution is 0.533. The van der Waals surface area contributed by atoms with Crippen LogP contribution >= 0.6 is 11.3 Å². The van der Waals surface area contributed by atoms with Crippen molar-refractivity contribution in [3.63, 3.8) is 0 Å². The fraction of sp³-hybridized carbons (Fsp3) is 0.562. The zero-order valence-corrected chi connectivity index (χ0v) is 14.1. The molecule has 4 heterocycles. The predicted octanol–water partition coefficient (Wildman–Crippen LogP) is 2.43. The van der Waals surface area contributed by atoms with E-state index in [1.807, 2.05) is 17.5 Å². The van der Waals surface area contributed by atoms with Crippen LogP contribution in [0.25, 0.3) is 0 Å². The van der Waals surface area contributed by atoms with Gasteiger partial charge in [-0.25, -0.2) is 15.0 Å². The van der Waals surface area contributed by atoms with Crippen molar-refractivity contribution in [2.24, 2.45) is 11.8 Å². The van der Waals surface area contributed by atoms with E-state index in [-0.39, 0.29) is 0 Å². The number of nitrogens with zero attached hydrogens (tertiary/aromatic N) is 5. The second-order valence-corrected chi connectivity index (χ2v) is 7.68. The standard InChI is InChI=1S/C16H21N5S/c1-10-4-17-9-18-15(10)20-5-13-7-21(8-14(13)6-20)16-19-11(2)12(3)22-16/h4,9,13-14H,5-8H2,1-3H3. The number of thiazole rings is 1. The molecular formula is C16H21N5S. The molecule has 116 valence electrons. The molecule has 6 heteroatoms. The molecule has 2 aromatic heterocycles. The summed E-state index contributed by atoms with van der Waals surface area (Å²) in [5.74, 6) is 2.55. The maximum atomic E-state index is 4.72. The molecule has 4 rings (SSSR count). The Labute approximate surface area is 135 Å². The fourth-order valence-electron chi connectivity index (χ4n) is 3.64. The van der Waals surface area contributed by atoms with Crippen LogP contribution < -0.4 is 9.80 Å². The Morgan fingerprint density at radius 1 is 1.05 bits per heavy atom. The molecule has 0 saturated carbocycles. The first-order valence-electron chi connectivity index (χ1n) is 7.82. The first kappa shape index (κ1) is 13.9. The van der Waals surface area contributed by atoms with Crippen LogP contribution in [-0.2, 0) is 0 Å². The Morgan fingerprint density at radius 2 is 1.73 bits per heavy atom. The van der Waals surface area contributed by atoms with Crippen molar-refractivity contribution in [2.75, 3.05) is 36.0 Å². The molecule has 0 spiro atoms. The zero-order chi connectivity index (χ0) is 15.3. The minimum atomic E-state index is 0.721. The summed E-state index contributed by atoms with van der Waals surface area (Å²) in [5, 5.41) is 1.20. The van der Waals surface area contributed by atoms with Crippen LogP contribution in [0.15, 0.2) is 12.5 Å². The van der Waals surface area contributed by atoms with Crippen molar-refractivity contribution in [1.82, 2.24) is 15.0 Å². The van der Waals surface area contributed by atoms with Gasteiger partial charge in [0.25, 0.3) is 0 Å². The summed E-state index contributed by atoms with van der Waals surface area (Å²) < 4.78 is 0. The minimum Gasteiger partial charge on any atom is -0.356 e. The van der Waals surface area contributed by atoms with Gasteiger partial charge in [0.1, 0.15) is 12.1 Å². The predicted molar refractivity (Wildman–Crippen MR) is 89.8 cm³/mol. The largest absolute Gasteiger partial charge is 0.356 e. The van der Waals surface area contributed by atoms with Crippen molar-refractivity contribution in [1.29, 1.82) is 0 Å². The van der Waals surface area contributed by atoms with Crippen LogP contribution in [0.2, 0.25) is 0 Å². The number of anilines is 2. The Kier molecular flexibility index (Phi) is 3.29. The highest BCUT2D eigenvalue weighted by Gasteiger charge is 2.41. The minimum absolute atomic E-state index is 0.721. The van der Waals surface area contributed by atoms with E-state index in [0.29, 0.717) is 0 Å². The van der Waals surface area contributed by atoms with Crippen molar-refractivity contribution in [3.8, 4) is 0 Å². The number of aryl methyl sites for hydroxylation is 3. The van der Waals surface area contributed by atoms with Gasteiger partial charge in [0.2, 0.25) is 0 Å². The summed E-state index contributed by atoms with van der Waals surface area (Å²) in [6.45, 7) is 10.8. The number of hydrogen-bond donors (Lipinski definition) is 0. The van der Waals surface area contributed by atoms with Crippen LogP contribution in [0, 0.1) is 32.6 Å². The molecule has 5 nitrogen and oxygen atoms in total. The monoisotopic (exact) mass is 315 g/mol. The Hall–Kier alpha value is -1.69. The topological polar surface area (TPSA) is 45.2 Å². The van der Waals surface area contributed by atoms with E-state index in [9.17, 15) is 0 Å². The maximum Gasteiger partial charge on any atom is 0.185 e. The quantitative estimate of drug-likeness (QED) is 0.852. The summed E-state index contributed by atoms with van der Waals surface area (Å²) in [4.78, 5) is 19.5. The Bertz CT molecular complexity index is 664. The third-order valence-corrected chi connectivity index (χ3v) is 6.07. The number of fused-ring (bicyclic) bond motifs is 1. The van der Waals surface area contributed by atoms with E-state index in [1.165, 1.54) is 21.3 Å². The molecule has 0 radical (unpaired) electrons. The molecule has 2 aromatic rings. The second kappa shape index (κ2) is 5.19. The second-order valence-electron chi connectivity index (χ2n) is 6.50. The normalized spacial score (nSPS) is 24.1. The Balaban J connectivity index is 1.47. The average molecular weight is 315 g/mol. The SMILES string of the molecule is Cc1cncnc1N1CC2CN(c3nc(C)c(C)s3)CC2C1. The van der Waals surface area contributed by atoms with Gasteiger partial charge < -0.3 is 9.80 Å². The van der Waals surface area contributed by atoms with Crippen LogP contribution in [-0.4, -0.2) is 41.1 Å². The summed E-state index contributed by atoms with van der Waals surface area (Å²) >= 11 is 1.83. The smallest absolute Gasteiger partial charge is 0.185 e. The number of rotatable bonds is 2. The molecule has 2 saturated heterocycles. The van der Waals surface area contributed by atoms with Crippen LogP contribution in [0.1, 0.15) is 16.1 Å². The lowest BCUT2D eigenvalue weighted by Gasteiger charge is -2.23. The van der Waals surface area contributed by atoms with Gasteiger partial charge in [-0.2, -0.15) is 0 Å². The summed E-state index contributed by atoms with van der Waals surface area (Å²) in [6, 6.07) is 0. The summed E-state index contributed by atoms with van der Waals surface area (Å²) in [7, 11) is 0. The molecule has 0 aromatic carbocycles. The van der Waals surface area contributed by atoms with Gasteiger partial charge in [0.05, 0.1) is 5.69 Å². The molecule has 2 aliphatic heterocycles. The molecule has 0 aliphatic carbocycles. The summed E-state index contributed by atoms with van der Waals surface area (Å²) in [6.07, 6.45) is 3.56. The van der Waals surface area contributed by atoms with Crippen molar-refractivity contribution >= 4 is 22.3 Å². The fourth-order valence-corrected chi connectivity index (χ4v) is 4.57. The lowest BCUT2D eigenvalue weighted by atomic mass is 10.0. The molecule has 22 heavy (non-hydrogen) atoms. The molecule has 0 bridgehead atoms. The van der Waals surface area contributed by atoms with E-state index in [2.05, 4.69) is 40.5 Å². The van der Waals surface area contributed by atoms with Gasteiger partial charge in [0.15, 0.2) is 5.13 Å². The average Bonchev–Trinajstić information content (AvgIpc) is 3.13. The summed E-state index contributed by atoms with van der Waals surface area (Å²) in [5.41, 5.74) is 2.35. The highest BCUT2D eigenvalue weighted by molar-refractivity contribution is 7.15. The van der Waals surface area contributed by atoms with E-state index in [1.54, 1.807) is 6.33 Å². The number of aromatic nitrogens is 3. The van der Waals surface area contributed by atoms with Gasteiger partial charge in [-0.1, -0.05) is 0 Å². The van der Waals surface area contributed by atoms with E-state index in [4.69, 9.17) is 4.98 Å². The first-order valence-corrected chi connectivity index (χ1v) is 8.64. The molecule has 0 N–H and O–H groups in total. The van der Waals surface area contributed by atoms with Crippen molar-refractivity contribution < 1.29 is 0 Å². The number of hydrogen-bond acceptors (Lipinski definition) is 6. The van der Waals surface area contributed by atoms with E-state index < -0.39 is 0 Å². The molecule has 2 atom stereocenters. The van der Waals surface area contributed by atoms with Crippen LogP contribution in [0.4, 0.5) is 10.9 Å².